The Morgan fingerprint density at radius 2 is 2.05 bits per heavy atom. The van der Waals surface area contributed by atoms with Crippen molar-refractivity contribution < 1.29 is 24.5 Å². The second-order valence-electron chi connectivity index (χ2n) is 3.66. The summed E-state index contributed by atoms with van der Waals surface area (Å²) in [5, 5.41) is 18.9. The van der Waals surface area contributed by atoms with Crippen LogP contribution in [0.15, 0.2) is 12.1 Å². The average molecular weight is 309 g/mol. The molecule has 1 aromatic carbocycles. The summed E-state index contributed by atoms with van der Waals surface area (Å²) < 4.78 is 10.1. The fourth-order valence-corrected chi connectivity index (χ4v) is 1.92. The standard InChI is InChI=1S/C12H14Cl2O5/c1-2-19-11-4-8(13)7(3-9(11)14)10(15)5-18-6-12(16)17/h3-4,10,15H,2,5-6H2,1H3,(H,16,17). The van der Waals surface area contributed by atoms with Crippen molar-refractivity contribution in [1.82, 2.24) is 0 Å². The van der Waals surface area contributed by atoms with Crippen molar-refractivity contribution in [3.8, 4) is 5.75 Å². The third-order valence-corrected chi connectivity index (χ3v) is 2.83. The number of hydrogen-bond acceptors (Lipinski definition) is 4. The minimum absolute atomic E-state index is 0.184. The Morgan fingerprint density at radius 1 is 1.37 bits per heavy atom. The first-order chi connectivity index (χ1) is 8.95. The molecule has 0 fully saturated rings. The van der Waals surface area contributed by atoms with Gasteiger partial charge in [0.15, 0.2) is 0 Å². The Balaban J connectivity index is 2.77. The van der Waals surface area contributed by atoms with Crippen molar-refractivity contribution in [2.75, 3.05) is 19.8 Å². The Labute approximate surface area is 120 Å². The highest BCUT2D eigenvalue weighted by atomic mass is 35.5. The van der Waals surface area contributed by atoms with Crippen molar-refractivity contribution in [2.24, 2.45) is 0 Å². The van der Waals surface area contributed by atoms with Crippen LogP contribution in [-0.2, 0) is 9.53 Å². The van der Waals surface area contributed by atoms with E-state index in [1.807, 2.05) is 6.92 Å². The van der Waals surface area contributed by atoms with Crippen LogP contribution in [0.25, 0.3) is 0 Å². The smallest absolute Gasteiger partial charge is 0.329 e. The number of carboxylic acids is 1. The van der Waals surface area contributed by atoms with Crippen molar-refractivity contribution in [1.29, 1.82) is 0 Å². The van der Waals surface area contributed by atoms with Crippen LogP contribution in [0.4, 0.5) is 0 Å². The van der Waals surface area contributed by atoms with E-state index in [0.717, 1.165) is 0 Å². The predicted molar refractivity (Wildman–Crippen MR) is 71.0 cm³/mol. The van der Waals surface area contributed by atoms with E-state index in [4.69, 9.17) is 37.8 Å². The first-order valence-electron chi connectivity index (χ1n) is 5.55. The average Bonchev–Trinajstić information content (AvgIpc) is 2.33. The van der Waals surface area contributed by atoms with Crippen molar-refractivity contribution in [3.05, 3.63) is 27.7 Å². The third-order valence-electron chi connectivity index (χ3n) is 2.21. The first-order valence-corrected chi connectivity index (χ1v) is 6.30. The Hall–Kier alpha value is -1.01. The molecule has 1 atom stereocenters. The van der Waals surface area contributed by atoms with Gasteiger partial charge >= 0.3 is 5.97 Å². The minimum atomic E-state index is -1.11. The molecule has 1 aromatic rings. The van der Waals surface area contributed by atoms with Gasteiger partial charge in [0.25, 0.3) is 0 Å². The highest BCUT2D eigenvalue weighted by Gasteiger charge is 2.16. The van der Waals surface area contributed by atoms with Crippen LogP contribution in [0.5, 0.6) is 5.75 Å². The number of rotatable bonds is 7. The largest absolute Gasteiger partial charge is 0.492 e. The Morgan fingerprint density at radius 3 is 2.63 bits per heavy atom. The van der Waals surface area contributed by atoms with Crippen molar-refractivity contribution in [2.45, 2.75) is 13.0 Å². The van der Waals surface area contributed by atoms with E-state index in [1.54, 1.807) is 0 Å². The van der Waals surface area contributed by atoms with Crippen LogP contribution in [0.2, 0.25) is 10.0 Å². The maximum Gasteiger partial charge on any atom is 0.329 e. The monoisotopic (exact) mass is 308 g/mol. The summed E-state index contributed by atoms with van der Waals surface area (Å²) in [6.45, 7) is 1.59. The number of ether oxygens (including phenoxy) is 2. The van der Waals surface area contributed by atoms with E-state index in [9.17, 15) is 9.90 Å². The summed E-state index contributed by atoms with van der Waals surface area (Å²) in [6.07, 6.45) is -1.06. The Kier molecular flexibility index (Phi) is 6.37. The summed E-state index contributed by atoms with van der Waals surface area (Å²) in [4.78, 5) is 10.3. The maximum atomic E-state index is 10.3. The van der Waals surface area contributed by atoms with E-state index in [1.165, 1.54) is 12.1 Å². The van der Waals surface area contributed by atoms with Gasteiger partial charge in [-0.2, -0.15) is 0 Å². The Bertz CT molecular complexity index is 450. The fraction of sp³-hybridized carbons (Fsp3) is 0.417. The lowest BCUT2D eigenvalue weighted by Gasteiger charge is -2.15. The molecule has 0 aliphatic heterocycles. The van der Waals surface area contributed by atoms with E-state index < -0.39 is 18.7 Å². The van der Waals surface area contributed by atoms with Crippen LogP contribution in [0.3, 0.4) is 0 Å². The number of carboxylic acid groups (broad SMARTS) is 1. The molecular formula is C12H14Cl2O5. The van der Waals surface area contributed by atoms with Gasteiger partial charge < -0.3 is 19.7 Å². The van der Waals surface area contributed by atoms with Gasteiger partial charge in [-0.05, 0) is 13.0 Å². The highest BCUT2D eigenvalue weighted by Crippen LogP contribution is 2.34. The molecule has 0 saturated heterocycles. The second kappa shape index (κ2) is 7.55. The van der Waals surface area contributed by atoms with Crippen molar-refractivity contribution >= 4 is 29.2 Å². The third kappa shape index (κ3) is 4.87. The maximum absolute atomic E-state index is 10.3. The van der Waals surface area contributed by atoms with Crippen LogP contribution in [0, 0.1) is 0 Å². The van der Waals surface area contributed by atoms with Crippen LogP contribution in [0.1, 0.15) is 18.6 Å². The van der Waals surface area contributed by atoms with Gasteiger partial charge in [0.2, 0.25) is 0 Å². The molecule has 1 unspecified atom stereocenters. The zero-order chi connectivity index (χ0) is 14.4. The number of benzene rings is 1. The molecular weight excluding hydrogens is 295 g/mol. The molecule has 0 spiro atoms. The van der Waals surface area contributed by atoms with Crippen LogP contribution >= 0.6 is 23.2 Å². The lowest BCUT2D eigenvalue weighted by atomic mass is 10.1. The number of aliphatic hydroxyl groups is 1. The van der Waals surface area contributed by atoms with Gasteiger partial charge in [-0.25, -0.2) is 4.79 Å². The lowest BCUT2D eigenvalue weighted by molar-refractivity contribution is -0.143. The number of halogens is 2. The highest BCUT2D eigenvalue weighted by molar-refractivity contribution is 6.34. The molecule has 0 aliphatic rings. The first kappa shape index (κ1) is 16.0. The number of aliphatic hydroxyl groups excluding tert-OH is 1. The molecule has 7 heteroatoms. The minimum Gasteiger partial charge on any atom is -0.492 e. The van der Waals surface area contributed by atoms with Crippen molar-refractivity contribution in [3.63, 3.8) is 0 Å². The topological polar surface area (TPSA) is 76.0 Å². The molecule has 0 amide bonds. The van der Waals surface area contributed by atoms with Gasteiger partial charge in [0, 0.05) is 11.6 Å². The SMILES string of the molecule is CCOc1cc(Cl)c(C(O)COCC(=O)O)cc1Cl. The fourth-order valence-electron chi connectivity index (χ4n) is 1.41. The van der Waals surface area contributed by atoms with Gasteiger partial charge in [0.1, 0.15) is 18.5 Å². The molecule has 5 nitrogen and oxygen atoms in total. The van der Waals surface area contributed by atoms with Gasteiger partial charge in [0.05, 0.1) is 23.3 Å². The van der Waals surface area contributed by atoms with E-state index in [-0.39, 0.29) is 11.6 Å². The van der Waals surface area contributed by atoms with E-state index in [0.29, 0.717) is 22.9 Å². The summed E-state index contributed by atoms with van der Waals surface area (Å²) in [5.74, 6) is -0.681. The van der Waals surface area contributed by atoms with E-state index in [2.05, 4.69) is 0 Å². The molecule has 106 valence electrons. The molecule has 0 aliphatic carbocycles. The lowest BCUT2D eigenvalue weighted by Crippen LogP contribution is -2.13. The van der Waals surface area contributed by atoms with Crippen LogP contribution < -0.4 is 4.74 Å². The van der Waals surface area contributed by atoms with Gasteiger partial charge in [-0.1, -0.05) is 23.2 Å². The summed E-state index contributed by atoms with van der Waals surface area (Å²) in [6, 6.07) is 2.98. The van der Waals surface area contributed by atoms with Crippen LogP contribution in [-0.4, -0.2) is 36.0 Å². The number of hydrogen-bond donors (Lipinski definition) is 2. The molecule has 2 N–H and O–H groups in total. The van der Waals surface area contributed by atoms with E-state index >= 15 is 0 Å². The second-order valence-corrected chi connectivity index (χ2v) is 4.48. The molecule has 19 heavy (non-hydrogen) atoms. The molecule has 0 heterocycles. The summed E-state index contributed by atoms with van der Waals surface area (Å²) >= 11 is 12.0. The summed E-state index contributed by atoms with van der Waals surface area (Å²) in [5.41, 5.74) is 0.362. The number of carbonyl (C=O) groups is 1. The number of aliphatic carboxylic acids is 1. The molecule has 0 bridgehead atoms. The molecule has 1 rings (SSSR count). The van der Waals surface area contributed by atoms with Gasteiger partial charge in [-0.3, -0.25) is 0 Å². The molecule has 0 aromatic heterocycles. The molecule has 0 radical (unpaired) electrons. The zero-order valence-electron chi connectivity index (χ0n) is 10.2. The quantitative estimate of drug-likeness (QED) is 0.809. The molecule has 0 saturated carbocycles. The van der Waals surface area contributed by atoms with Gasteiger partial charge in [-0.15, -0.1) is 0 Å². The zero-order valence-corrected chi connectivity index (χ0v) is 11.7. The normalized spacial score (nSPS) is 12.2. The predicted octanol–water partition coefficient (Wildman–Crippen LogP) is 2.53. The summed E-state index contributed by atoms with van der Waals surface area (Å²) in [7, 11) is 0.